The van der Waals surface area contributed by atoms with Crippen LogP contribution in [-0.4, -0.2) is 44.4 Å². The molecule has 1 unspecified atom stereocenters. The highest BCUT2D eigenvalue weighted by Gasteiger charge is 2.34. The summed E-state index contributed by atoms with van der Waals surface area (Å²) < 4.78 is 24.8. The molecule has 2 aliphatic heterocycles. The van der Waals surface area contributed by atoms with Crippen molar-refractivity contribution in [2.75, 3.05) is 31.3 Å². The second kappa shape index (κ2) is 7.00. The molecule has 0 aromatic heterocycles. The first-order valence-electron chi connectivity index (χ1n) is 7.83. The molecular formula is C17H19FN2O4. The van der Waals surface area contributed by atoms with Crippen LogP contribution >= 0.6 is 0 Å². The van der Waals surface area contributed by atoms with Gasteiger partial charge in [0.1, 0.15) is 12.4 Å². The lowest BCUT2D eigenvalue weighted by atomic mass is 10.0. The zero-order chi connectivity index (χ0) is 17.1. The predicted molar refractivity (Wildman–Crippen MR) is 86.1 cm³/mol. The monoisotopic (exact) mass is 334 g/mol. The number of anilines is 1. The Bertz CT molecular complexity index is 689. The number of ether oxygens (including phenoxy) is 2. The number of carbonyl (C=O) groups excluding carboxylic acids is 2. The highest BCUT2D eigenvalue weighted by molar-refractivity contribution is 5.90. The standard InChI is InChI=1S/C17H19FN2O4/c1-11(21)19-9-14-10-24-17(22)20(14)13-2-3-15(16(18)8-13)12-4-6-23-7-5-12/h2-4,8,14H,5-7,9-10H2,1H3,(H,19,21). The van der Waals surface area contributed by atoms with Crippen LogP contribution in [0.25, 0.3) is 5.57 Å². The van der Waals surface area contributed by atoms with E-state index in [1.165, 1.54) is 17.9 Å². The summed E-state index contributed by atoms with van der Waals surface area (Å²) in [5.74, 6) is -0.582. The molecule has 0 radical (unpaired) electrons. The molecule has 1 atom stereocenters. The SMILES string of the molecule is CC(=O)NCC1COC(=O)N1c1ccc(C2=CCOCC2)c(F)c1. The van der Waals surface area contributed by atoms with Crippen molar-refractivity contribution in [2.45, 2.75) is 19.4 Å². The van der Waals surface area contributed by atoms with Gasteiger partial charge in [0, 0.05) is 19.0 Å². The van der Waals surface area contributed by atoms with Gasteiger partial charge >= 0.3 is 6.09 Å². The van der Waals surface area contributed by atoms with Crippen LogP contribution in [0, 0.1) is 5.82 Å². The van der Waals surface area contributed by atoms with Gasteiger partial charge in [0.15, 0.2) is 0 Å². The van der Waals surface area contributed by atoms with Crippen molar-refractivity contribution in [3.8, 4) is 0 Å². The van der Waals surface area contributed by atoms with Gasteiger partial charge in [-0.1, -0.05) is 6.08 Å². The van der Waals surface area contributed by atoms with Crippen molar-refractivity contribution in [2.24, 2.45) is 0 Å². The molecule has 1 fully saturated rings. The number of nitrogens with one attached hydrogen (secondary N) is 1. The molecule has 128 valence electrons. The van der Waals surface area contributed by atoms with Crippen LogP contribution in [0.1, 0.15) is 18.9 Å². The third-order valence-corrected chi connectivity index (χ3v) is 4.09. The lowest BCUT2D eigenvalue weighted by Crippen LogP contribution is -2.42. The van der Waals surface area contributed by atoms with Gasteiger partial charge in [-0.15, -0.1) is 0 Å². The number of hydrogen-bond donors (Lipinski definition) is 1. The molecule has 0 aliphatic carbocycles. The van der Waals surface area contributed by atoms with Crippen molar-refractivity contribution >= 4 is 23.3 Å². The molecule has 6 nitrogen and oxygen atoms in total. The number of benzene rings is 1. The molecule has 1 aromatic carbocycles. The van der Waals surface area contributed by atoms with Crippen LogP contribution in [0.4, 0.5) is 14.9 Å². The van der Waals surface area contributed by atoms with Crippen molar-refractivity contribution < 1.29 is 23.5 Å². The van der Waals surface area contributed by atoms with Crippen molar-refractivity contribution in [3.05, 3.63) is 35.7 Å². The number of carbonyl (C=O) groups is 2. The molecule has 2 aliphatic rings. The van der Waals surface area contributed by atoms with E-state index in [0.29, 0.717) is 30.9 Å². The first-order chi connectivity index (χ1) is 11.6. The second-order valence-electron chi connectivity index (χ2n) is 5.76. The summed E-state index contributed by atoms with van der Waals surface area (Å²) >= 11 is 0. The minimum Gasteiger partial charge on any atom is -0.447 e. The Labute approximate surface area is 139 Å². The highest BCUT2D eigenvalue weighted by atomic mass is 19.1. The summed E-state index contributed by atoms with van der Waals surface area (Å²) in [7, 11) is 0. The average Bonchev–Trinajstić information content (AvgIpc) is 2.94. The summed E-state index contributed by atoms with van der Waals surface area (Å²) in [5.41, 5.74) is 1.85. The summed E-state index contributed by atoms with van der Waals surface area (Å²) in [4.78, 5) is 24.4. The summed E-state index contributed by atoms with van der Waals surface area (Å²) in [5, 5.41) is 2.66. The van der Waals surface area contributed by atoms with Gasteiger partial charge in [-0.05, 0) is 30.2 Å². The molecule has 2 heterocycles. The zero-order valence-electron chi connectivity index (χ0n) is 13.4. The Kier molecular flexibility index (Phi) is 4.80. The number of amides is 2. The molecule has 7 heteroatoms. The number of hydrogen-bond acceptors (Lipinski definition) is 4. The molecule has 3 rings (SSSR count). The van der Waals surface area contributed by atoms with E-state index in [0.717, 1.165) is 5.57 Å². The van der Waals surface area contributed by atoms with Crippen molar-refractivity contribution in [3.63, 3.8) is 0 Å². The molecular weight excluding hydrogens is 315 g/mol. The lowest BCUT2D eigenvalue weighted by Gasteiger charge is -2.22. The van der Waals surface area contributed by atoms with Gasteiger partial charge in [-0.25, -0.2) is 9.18 Å². The van der Waals surface area contributed by atoms with E-state index in [2.05, 4.69) is 5.32 Å². The second-order valence-corrected chi connectivity index (χ2v) is 5.76. The third-order valence-electron chi connectivity index (χ3n) is 4.09. The first-order valence-corrected chi connectivity index (χ1v) is 7.83. The van der Waals surface area contributed by atoms with E-state index < -0.39 is 11.9 Å². The zero-order valence-corrected chi connectivity index (χ0v) is 13.4. The minimum absolute atomic E-state index is 0.158. The van der Waals surface area contributed by atoms with E-state index in [1.807, 2.05) is 6.08 Å². The van der Waals surface area contributed by atoms with Crippen LogP contribution in [0.2, 0.25) is 0 Å². The molecule has 24 heavy (non-hydrogen) atoms. The van der Waals surface area contributed by atoms with Crippen LogP contribution in [0.5, 0.6) is 0 Å². The maximum absolute atomic E-state index is 14.5. The van der Waals surface area contributed by atoms with Crippen molar-refractivity contribution in [1.29, 1.82) is 0 Å². The molecule has 0 bridgehead atoms. The molecule has 0 saturated carbocycles. The molecule has 1 aromatic rings. The number of halogens is 1. The summed E-state index contributed by atoms with van der Waals surface area (Å²) in [6.07, 6.45) is 1.99. The molecule has 1 saturated heterocycles. The van der Waals surface area contributed by atoms with Crippen LogP contribution in [0.15, 0.2) is 24.3 Å². The minimum atomic E-state index is -0.539. The fraction of sp³-hybridized carbons (Fsp3) is 0.412. The molecule has 0 spiro atoms. The maximum atomic E-state index is 14.5. The summed E-state index contributed by atoms with van der Waals surface area (Å²) in [6, 6.07) is 4.35. The van der Waals surface area contributed by atoms with Gasteiger partial charge in [0.2, 0.25) is 5.91 Å². The Morgan fingerprint density at radius 2 is 2.29 bits per heavy atom. The average molecular weight is 334 g/mol. The topological polar surface area (TPSA) is 67.9 Å². The van der Waals surface area contributed by atoms with E-state index in [-0.39, 0.29) is 25.1 Å². The van der Waals surface area contributed by atoms with Crippen LogP contribution < -0.4 is 10.2 Å². The third kappa shape index (κ3) is 3.41. The Morgan fingerprint density at radius 1 is 1.46 bits per heavy atom. The lowest BCUT2D eigenvalue weighted by molar-refractivity contribution is -0.119. The number of nitrogens with zero attached hydrogens (tertiary/aromatic N) is 1. The van der Waals surface area contributed by atoms with E-state index in [4.69, 9.17) is 9.47 Å². The van der Waals surface area contributed by atoms with Gasteiger partial charge in [0.05, 0.1) is 24.9 Å². The van der Waals surface area contributed by atoms with Crippen LogP contribution in [-0.2, 0) is 14.3 Å². The largest absolute Gasteiger partial charge is 0.447 e. The molecule has 2 amide bonds. The first kappa shape index (κ1) is 16.4. The van der Waals surface area contributed by atoms with Gasteiger partial charge in [0.25, 0.3) is 0 Å². The number of cyclic esters (lactones) is 1. The van der Waals surface area contributed by atoms with Crippen molar-refractivity contribution in [1.82, 2.24) is 5.32 Å². The van der Waals surface area contributed by atoms with Gasteiger partial charge in [-0.2, -0.15) is 0 Å². The van der Waals surface area contributed by atoms with E-state index in [1.54, 1.807) is 12.1 Å². The van der Waals surface area contributed by atoms with E-state index in [9.17, 15) is 14.0 Å². The fourth-order valence-corrected chi connectivity index (χ4v) is 2.87. The van der Waals surface area contributed by atoms with Gasteiger partial charge in [-0.3, -0.25) is 9.69 Å². The predicted octanol–water partition coefficient (Wildman–Crippen LogP) is 2.09. The number of rotatable bonds is 4. The Morgan fingerprint density at radius 3 is 2.96 bits per heavy atom. The Balaban J connectivity index is 1.82. The molecule has 1 N–H and O–H groups in total. The normalized spacial score (nSPS) is 20.6. The quantitative estimate of drug-likeness (QED) is 0.915. The van der Waals surface area contributed by atoms with E-state index >= 15 is 0 Å². The van der Waals surface area contributed by atoms with Gasteiger partial charge < -0.3 is 14.8 Å². The smallest absolute Gasteiger partial charge is 0.414 e. The maximum Gasteiger partial charge on any atom is 0.414 e. The van der Waals surface area contributed by atoms with Crippen LogP contribution in [0.3, 0.4) is 0 Å². The summed E-state index contributed by atoms with van der Waals surface area (Å²) in [6.45, 7) is 2.87. The Hall–Kier alpha value is -2.41. The highest BCUT2D eigenvalue weighted by Crippen LogP contribution is 2.29. The fourth-order valence-electron chi connectivity index (χ4n) is 2.87.